The van der Waals surface area contributed by atoms with Crippen molar-refractivity contribution in [1.82, 2.24) is 0 Å². The third kappa shape index (κ3) is 4.24. The Kier molecular flexibility index (Phi) is 5.21. The van der Waals surface area contributed by atoms with Crippen LogP contribution in [-0.2, 0) is 11.2 Å². The predicted octanol–water partition coefficient (Wildman–Crippen LogP) is 3.24. The van der Waals surface area contributed by atoms with Crippen molar-refractivity contribution in [1.29, 1.82) is 0 Å². The molecule has 0 unspecified atom stereocenters. The van der Waals surface area contributed by atoms with Crippen molar-refractivity contribution in [3.05, 3.63) is 54.1 Å². The highest BCUT2D eigenvalue weighted by atomic mass is 16.6. The van der Waals surface area contributed by atoms with Gasteiger partial charge in [-0.2, -0.15) is 0 Å². The van der Waals surface area contributed by atoms with E-state index in [1.807, 2.05) is 30.3 Å². The van der Waals surface area contributed by atoms with Gasteiger partial charge in [0, 0.05) is 12.5 Å². The molecule has 0 aliphatic rings. The summed E-state index contributed by atoms with van der Waals surface area (Å²) >= 11 is 0. The van der Waals surface area contributed by atoms with Crippen LogP contribution in [0.3, 0.4) is 0 Å². The number of hydrogen-bond donors (Lipinski definition) is 0. The van der Waals surface area contributed by atoms with E-state index in [1.54, 1.807) is 25.3 Å². The Balaban J connectivity index is 1.96. The number of aryl methyl sites for hydroxylation is 1. The van der Waals surface area contributed by atoms with Gasteiger partial charge in [0.05, 0.1) is 14.2 Å². The lowest BCUT2D eigenvalue weighted by Gasteiger charge is -2.10. The van der Waals surface area contributed by atoms with E-state index in [-0.39, 0.29) is 5.97 Å². The lowest BCUT2D eigenvalue weighted by atomic mass is 10.1. The van der Waals surface area contributed by atoms with Gasteiger partial charge in [0.15, 0.2) is 11.5 Å². The third-order valence-corrected chi connectivity index (χ3v) is 3.06. The second-order valence-corrected chi connectivity index (χ2v) is 4.48. The van der Waals surface area contributed by atoms with E-state index in [2.05, 4.69) is 0 Å². The highest BCUT2D eigenvalue weighted by molar-refractivity contribution is 5.73. The van der Waals surface area contributed by atoms with Gasteiger partial charge in [0.2, 0.25) is 0 Å². The number of rotatable bonds is 6. The topological polar surface area (TPSA) is 44.8 Å². The first-order valence-corrected chi connectivity index (χ1v) is 6.69. The molecule has 0 radical (unpaired) electrons. The molecular formula is C17H18O4. The quantitative estimate of drug-likeness (QED) is 0.604. The zero-order chi connectivity index (χ0) is 15.1. The van der Waals surface area contributed by atoms with Gasteiger partial charge in [-0.05, 0) is 24.1 Å². The molecule has 0 aromatic heterocycles. The molecule has 2 aromatic rings. The van der Waals surface area contributed by atoms with Gasteiger partial charge in [-0.25, -0.2) is 0 Å². The van der Waals surface area contributed by atoms with Crippen molar-refractivity contribution < 1.29 is 19.0 Å². The molecule has 2 rings (SSSR count). The first kappa shape index (κ1) is 14.9. The average molecular weight is 286 g/mol. The second-order valence-electron chi connectivity index (χ2n) is 4.48. The summed E-state index contributed by atoms with van der Waals surface area (Å²) in [5.74, 6) is 1.23. The fraction of sp³-hybridized carbons (Fsp3) is 0.235. The molecule has 0 heterocycles. The lowest BCUT2D eigenvalue weighted by Crippen LogP contribution is -2.09. The predicted molar refractivity (Wildman–Crippen MR) is 79.9 cm³/mol. The Labute approximate surface area is 124 Å². The smallest absolute Gasteiger partial charge is 0.311 e. The first-order chi connectivity index (χ1) is 10.2. The zero-order valence-corrected chi connectivity index (χ0v) is 12.2. The van der Waals surface area contributed by atoms with Gasteiger partial charge in [-0.1, -0.05) is 30.3 Å². The van der Waals surface area contributed by atoms with E-state index in [9.17, 15) is 4.79 Å². The van der Waals surface area contributed by atoms with Crippen molar-refractivity contribution in [3.8, 4) is 17.2 Å². The van der Waals surface area contributed by atoms with Crippen LogP contribution in [0.5, 0.6) is 17.2 Å². The monoisotopic (exact) mass is 286 g/mol. The number of methoxy groups -OCH3 is 2. The van der Waals surface area contributed by atoms with Crippen LogP contribution in [0.4, 0.5) is 0 Å². The van der Waals surface area contributed by atoms with Crippen LogP contribution in [0.25, 0.3) is 0 Å². The van der Waals surface area contributed by atoms with Crippen LogP contribution in [0.2, 0.25) is 0 Å². The van der Waals surface area contributed by atoms with Gasteiger partial charge in [0.1, 0.15) is 5.75 Å². The highest BCUT2D eigenvalue weighted by Crippen LogP contribution is 2.31. The minimum atomic E-state index is -0.290. The summed E-state index contributed by atoms with van der Waals surface area (Å²) in [6.45, 7) is 0. The first-order valence-electron chi connectivity index (χ1n) is 6.69. The van der Waals surface area contributed by atoms with E-state index in [4.69, 9.17) is 14.2 Å². The molecule has 0 spiro atoms. The minimum Gasteiger partial charge on any atom is -0.497 e. The summed E-state index contributed by atoms with van der Waals surface area (Å²) in [4.78, 5) is 11.9. The van der Waals surface area contributed by atoms with Crippen LogP contribution in [0, 0.1) is 0 Å². The standard InChI is InChI=1S/C17H18O4/c1-19-14-9-10-15(16(12-14)20-2)21-17(18)11-8-13-6-4-3-5-7-13/h3-7,9-10,12H,8,11H2,1-2H3. The Morgan fingerprint density at radius 2 is 1.71 bits per heavy atom. The summed E-state index contributed by atoms with van der Waals surface area (Å²) in [5.41, 5.74) is 1.11. The number of ether oxygens (including phenoxy) is 3. The van der Waals surface area contributed by atoms with Gasteiger partial charge in [0.25, 0.3) is 0 Å². The van der Waals surface area contributed by atoms with E-state index >= 15 is 0 Å². The molecule has 0 aliphatic carbocycles. The third-order valence-electron chi connectivity index (χ3n) is 3.06. The summed E-state index contributed by atoms with van der Waals surface area (Å²) in [7, 11) is 3.09. The zero-order valence-electron chi connectivity index (χ0n) is 12.2. The molecule has 0 N–H and O–H groups in total. The fourth-order valence-electron chi connectivity index (χ4n) is 1.92. The van der Waals surface area contributed by atoms with Gasteiger partial charge < -0.3 is 14.2 Å². The largest absolute Gasteiger partial charge is 0.497 e. The Morgan fingerprint density at radius 3 is 2.38 bits per heavy atom. The number of hydrogen-bond acceptors (Lipinski definition) is 4. The SMILES string of the molecule is COc1ccc(OC(=O)CCc2ccccc2)c(OC)c1. The number of benzene rings is 2. The summed E-state index contributed by atoms with van der Waals surface area (Å²) in [6, 6.07) is 14.9. The van der Waals surface area contributed by atoms with Crippen molar-refractivity contribution in [2.75, 3.05) is 14.2 Å². The molecule has 0 amide bonds. The summed E-state index contributed by atoms with van der Waals surface area (Å²) in [6.07, 6.45) is 0.970. The molecule has 0 aliphatic heterocycles. The van der Waals surface area contributed by atoms with Crippen LogP contribution >= 0.6 is 0 Å². The minimum absolute atomic E-state index is 0.290. The van der Waals surface area contributed by atoms with E-state index in [0.29, 0.717) is 30.1 Å². The van der Waals surface area contributed by atoms with Gasteiger partial charge >= 0.3 is 5.97 Å². The Hall–Kier alpha value is -2.49. The Bertz CT molecular complexity index is 593. The Morgan fingerprint density at radius 1 is 0.952 bits per heavy atom. The van der Waals surface area contributed by atoms with E-state index in [0.717, 1.165) is 5.56 Å². The molecule has 0 bridgehead atoms. The molecule has 0 atom stereocenters. The van der Waals surface area contributed by atoms with E-state index < -0.39 is 0 Å². The van der Waals surface area contributed by atoms with Crippen LogP contribution in [0.1, 0.15) is 12.0 Å². The number of esters is 1. The molecule has 0 saturated heterocycles. The molecule has 4 nitrogen and oxygen atoms in total. The molecule has 0 fully saturated rings. The normalized spacial score (nSPS) is 10.0. The van der Waals surface area contributed by atoms with Crippen molar-refractivity contribution >= 4 is 5.97 Å². The molecule has 4 heteroatoms. The van der Waals surface area contributed by atoms with Crippen molar-refractivity contribution in [3.63, 3.8) is 0 Å². The van der Waals surface area contributed by atoms with Crippen molar-refractivity contribution in [2.45, 2.75) is 12.8 Å². The fourth-order valence-corrected chi connectivity index (χ4v) is 1.92. The van der Waals surface area contributed by atoms with Crippen molar-refractivity contribution in [2.24, 2.45) is 0 Å². The maximum absolute atomic E-state index is 11.9. The number of carbonyl (C=O) groups excluding carboxylic acids is 1. The van der Waals surface area contributed by atoms with Crippen LogP contribution in [0.15, 0.2) is 48.5 Å². The highest BCUT2D eigenvalue weighted by Gasteiger charge is 2.11. The maximum Gasteiger partial charge on any atom is 0.311 e. The summed E-state index contributed by atoms with van der Waals surface area (Å²) in [5, 5.41) is 0. The molecular weight excluding hydrogens is 268 g/mol. The summed E-state index contributed by atoms with van der Waals surface area (Å²) < 4.78 is 15.6. The molecule has 2 aromatic carbocycles. The van der Waals surface area contributed by atoms with E-state index in [1.165, 1.54) is 7.11 Å². The second kappa shape index (κ2) is 7.33. The molecule has 0 saturated carbocycles. The average Bonchev–Trinajstić information content (AvgIpc) is 2.54. The van der Waals surface area contributed by atoms with Gasteiger partial charge in [-0.3, -0.25) is 4.79 Å². The molecule has 110 valence electrons. The number of carbonyl (C=O) groups is 1. The van der Waals surface area contributed by atoms with Crippen LogP contribution in [-0.4, -0.2) is 20.2 Å². The van der Waals surface area contributed by atoms with Crippen LogP contribution < -0.4 is 14.2 Å². The van der Waals surface area contributed by atoms with Gasteiger partial charge in [-0.15, -0.1) is 0 Å². The molecule has 21 heavy (non-hydrogen) atoms. The maximum atomic E-state index is 11.9. The lowest BCUT2D eigenvalue weighted by molar-refractivity contribution is -0.134.